The summed E-state index contributed by atoms with van der Waals surface area (Å²) in [5, 5.41) is 0.877. The number of hydrogen-bond acceptors (Lipinski definition) is 5. The fourth-order valence-corrected chi connectivity index (χ4v) is 5.95. The second-order valence-electron chi connectivity index (χ2n) is 12.1. The molecule has 5 nitrogen and oxygen atoms in total. The predicted molar refractivity (Wildman–Crippen MR) is 186 cm³/mol. The Labute approximate surface area is 269 Å². The van der Waals surface area contributed by atoms with Crippen LogP contribution in [-0.2, 0) is 4.79 Å². The van der Waals surface area contributed by atoms with E-state index in [9.17, 15) is 9.59 Å². The number of fused-ring (bicyclic) bond motifs is 2. The topological polar surface area (TPSA) is 65.7 Å². The Balaban J connectivity index is 1.24. The molecule has 0 radical (unpaired) electrons. The van der Waals surface area contributed by atoms with Crippen molar-refractivity contribution in [3.05, 3.63) is 82.5 Å². The number of ether oxygens (including phenoxy) is 2. The van der Waals surface area contributed by atoms with Gasteiger partial charge in [-0.1, -0.05) is 82.9 Å². The molecular weight excluding hydrogens is 560 g/mol. The third-order valence-corrected chi connectivity index (χ3v) is 8.49. The van der Waals surface area contributed by atoms with Gasteiger partial charge in [0.15, 0.2) is 5.43 Å². The fraction of sp³-hybridized carbons (Fsp3) is 0.450. The van der Waals surface area contributed by atoms with Crippen LogP contribution in [0.3, 0.4) is 0 Å². The van der Waals surface area contributed by atoms with Crippen molar-refractivity contribution in [2.75, 3.05) is 7.11 Å². The first-order valence-corrected chi connectivity index (χ1v) is 17.0. The molecule has 45 heavy (non-hydrogen) atoms. The molecule has 2 aliphatic rings. The van der Waals surface area contributed by atoms with Crippen LogP contribution < -0.4 is 14.9 Å². The third kappa shape index (κ3) is 10.3. The molecule has 2 aromatic carbocycles. The van der Waals surface area contributed by atoms with Gasteiger partial charge in [0.05, 0.1) is 7.11 Å². The van der Waals surface area contributed by atoms with Crippen molar-refractivity contribution in [1.82, 2.24) is 0 Å². The molecule has 0 unspecified atom stereocenters. The molecule has 0 saturated carbocycles. The quantitative estimate of drug-likeness (QED) is 0.0347. The highest BCUT2D eigenvalue weighted by molar-refractivity contribution is 6.03. The maximum Gasteiger partial charge on any atom is 0.311 e. The van der Waals surface area contributed by atoms with Crippen molar-refractivity contribution in [1.29, 1.82) is 0 Å². The zero-order valence-corrected chi connectivity index (χ0v) is 27.5. The van der Waals surface area contributed by atoms with E-state index in [1.54, 1.807) is 19.2 Å². The van der Waals surface area contributed by atoms with Crippen LogP contribution in [0.25, 0.3) is 33.4 Å². The Kier molecular flexibility index (Phi) is 13.8. The van der Waals surface area contributed by atoms with Gasteiger partial charge in [0, 0.05) is 35.1 Å². The molecule has 0 atom stereocenters. The molecule has 1 aliphatic carbocycles. The summed E-state index contributed by atoms with van der Waals surface area (Å²) in [5.41, 5.74) is 4.30. The predicted octanol–water partition coefficient (Wildman–Crippen LogP) is 11.2. The molecule has 5 heteroatoms. The molecule has 0 spiro atoms. The Hall–Kier alpha value is -3.86. The van der Waals surface area contributed by atoms with Gasteiger partial charge >= 0.3 is 5.97 Å². The van der Waals surface area contributed by atoms with Crippen LogP contribution >= 0.6 is 0 Å². The highest BCUT2D eigenvalue weighted by Crippen LogP contribution is 2.42. The summed E-state index contributed by atoms with van der Waals surface area (Å²) in [6.07, 6.45) is 22.4. The van der Waals surface area contributed by atoms with Crippen LogP contribution in [0, 0.1) is 6.92 Å². The molecule has 1 aliphatic heterocycles. The van der Waals surface area contributed by atoms with Crippen molar-refractivity contribution in [2.45, 2.75) is 110 Å². The van der Waals surface area contributed by atoms with Gasteiger partial charge < -0.3 is 13.9 Å². The van der Waals surface area contributed by atoms with Gasteiger partial charge in [-0.2, -0.15) is 0 Å². The molecule has 2 aromatic rings. The molecule has 4 rings (SSSR count). The maximum absolute atomic E-state index is 12.6. The first-order chi connectivity index (χ1) is 22.0. The summed E-state index contributed by atoms with van der Waals surface area (Å²) in [6, 6.07) is 16.3. The van der Waals surface area contributed by atoms with Gasteiger partial charge in [0.1, 0.15) is 22.8 Å². The first-order valence-electron chi connectivity index (χ1n) is 17.0. The van der Waals surface area contributed by atoms with E-state index in [1.807, 2.05) is 43.3 Å². The van der Waals surface area contributed by atoms with E-state index in [0.717, 1.165) is 59.1 Å². The maximum atomic E-state index is 12.6. The number of hydrogen-bond donors (Lipinski definition) is 0. The lowest BCUT2D eigenvalue weighted by Crippen LogP contribution is -2.07. The summed E-state index contributed by atoms with van der Waals surface area (Å²) in [6.45, 7) is 4.30. The monoisotopic (exact) mass is 610 g/mol. The van der Waals surface area contributed by atoms with Crippen LogP contribution in [0.2, 0.25) is 0 Å². The van der Waals surface area contributed by atoms with Crippen molar-refractivity contribution in [2.24, 2.45) is 0 Å². The van der Waals surface area contributed by atoms with Gasteiger partial charge in [-0.25, -0.2) is 0 Å². The summed E-state index contributed by atoms with van der Waals surface area (Å²) in [7, 11) is 1.65. The van der Waals surface area contributed by atoms with E-state index in [4.69, 9.17) is 13.9 Å². The summed E-state index contributed by atoms with van der Waals surface area (Å²) >= 11 is 0. The number of carbonyl (C=O) groups is 1. The highest BCUT2D eigenvalue weighted by Gasteiger charge is 2.19. The van der Waals surface area contributed by atoms with Crippen LogP contribution in [0.15, 0.2) is 76.0 Å². The van der Waals surface area contributed by atoms with Crippen LogP contribution in [-0.4, -0.2) is 13.1 Å². The minimum atomic E-state index is -0.239. The second kappa shape index (κ2) is 18.2. The minimum Gasteiger partial charge on any atom is -0.497 e. The normalized spacial score (nSPS) is 11.5. The first kappa shape index (κ1) is 34.0. The lowest BCUT2D eigenvalue weighted by atomic mass is 9.91. The molecule has 0 bridgehead atoms. The number of aryl methyl sites for hydroxylation is 1. The Morgan fingerprint density at radius 3 is 2.07 bits per heavy atom. The molecule has 0 amide bonds. The number of allylic oxidation sites excluding steroid dienone is 2. The molecule has 1 heterocycles. The summed E-state index contributed by atoms with van der Waals surface area (Å²) in [5.74, 6) is 1.47. The number of esters is 1. The number of unbranched alkanes of at least 4 members (excludes halogenated alkanes) is 12. The smallest absolute Gasteiger partial charge is 0.311 e. The largest absolute Gasteiger partial charge is 0.497 e. The van der Waals surface area contributed by atoms with Crippen molar-refractivity contribution in [3.63, 3.8) is 0 Å². The Morgan fingerprint density at radius 2 is 1.38 bits per heavy atom. The number of carbonyl (C=O) groups excluding carboxylic acids is 1. The van der Waals surface area contributed by atoms with Crippen molar-refractivity contribution >= 4 is 16.9 Å². The fourth-order valence-electron chi connectivity index (χ4n) is 5.95. The molecule has 0 aromatic heterocycles. The van der Waals surface area contributed by atoms with Gasteiger partial charge in [0.2, 0.25) is 0 Å². The van der Waals surface area contributed by atoms with E-state index in [-0.39, 0.29) is 11.4 Å². The number of rotatable bonds is 19. The SMILES string of the molecule is CCCCCCCCC/C=C\CCCCCCCC(=O)Oc1ccc2c(-c3ccc(OC)cc3C)c3ccc(=O)cc-3oc2c1. The van der Waals surface area contributed by atoms with Crippen molar-refractivity contribution in [3.8, 4) is 33.9 Å². The van der Waals surface area contributed by atoms with Gasteiger partial charge in [0.25, 0.3) is 0 Å². The zero-order valence-electron chi connectivity index (χ0n) is 27.5. The lowest BCUT2D eigenvalue weighted by molar-refractivity contribution is -0.134. The summed E-state index contributed by atoms with van der Waals surface area (Å²) in [4.78, 5) is 24.8. The van der Waals surface area contributed by atoms with Gasteiger partial charge in [-0.05, 0) is 86.6 Å². The van der Waals surface area contributed by atoms with Gasteiger partial charge in [-0.3, -0.25) is 9.59 Å². The lowest BCUT2D eigenvalue weighted by Gasteiger charge is -2.17. The van der Waals surface area contributed by atoms with E-state index < -0.39 is 0 Å². The average Bonchev–Trinajstić information content (AvgIpc) is 3.03. The molecule has 0 saturated heterocycles. The Morgan fingerprint density at radius 1 is 0.733 bits per heavy atom. The highest BCUT2D eigenvalue weighted by atomic mass is 16.5. The number of benzene rings is 3. The van der Waals surface area contributed by atoms with Crippen LogP contribution in [0.1, 0.15) is 109 Å². The molecular formula is C40H50O5. The molecule has 240 valence electrons. The van der Waals surface area contributed by atoms with E-state index in [1.165, 1.54) is 70.3 Å². The molecule has 0 N–H and O–H groups in total. The number of methoxy groups -OCH3 is 1. The van der Waals surface area contributed by atoms with E-state index in [0.29, 0.717) is 23.5 Å². The van der Waals surface area contributed by atoms with Crippen LogP contribution in [0.5, 0.6) is 11.5 Å². The molecule has 0 fully saturated rings. The third-order valence-electron chi connectivity index (χ3n) is 8.49. The van der Waals surface area contributed by atoms with E-state index in [2.05, 4.69) is 19.1 Å². The minimum absolute atomic E-state index is 0.124. The van der Waals surface area contributed by atoms with E-state index >= 15 is 0 Å². The second-order valence-corrected chi connectivity index (χ2v) is 12.1. The Bertz CT molecular complexity index is 1560. The summed E-state index contributed by atoms with van der Waals surface area (Å²) < 4.78 is 17.3. The van der Waals surface area contributed by atoms with Gasteiger partial charge in [-0.15, -0.1) is 0 Å². The van der Waals surface area contributed by atoms with Crippen molar-refractivity contribution < 1.29 is 18.7 Å². The average molecular weight is 611 g/mol. The van der Waals surface area contributed by atoms with Crippen LogP contribution in [0.4, 0.5) is 0 Å². The standard InChI is InChI=1S/C40H50O5/c1-4-5-6-7-8-9-10-11-12-13-14-15-16-17-18-19-20-39(42)44-33-23-26-36-38(29-33)45-37-28-31(41)21-24-35(37)40(36)34-25-22-32(43-3)27-30(34)2/h12-13,21-29H,4-11,14-20H2,1-3H3/b13-12-. The zero-order chi connectivity index (χ0) is 31.9.